The monoisotopic (exact) mass is 530 g/mol. The average Bonchev–Trinajstić information content (AvgIpc) is 3.36. The minimum atomic E-state index is -1.09. The van der Waals surface area contributed by atoms with Gasteiger partial charge in [0.2, 0.25) is 5.28 Å². The highest BCUT2D eigenvalue weighted by atomic mass is 35.5. The molecule has 0 amide bonds. The van der Waals surface area contributed by atoms with Crippen molar-refractivity contribution in [1.29, 1.82) is 0 Å². The van der Waals surface area contributed by atoms with E-state index in [1.807, 2.05) is 6.21 Å². The Morgan fingerprint density at radius 1 is 1.14 bits per heavy atom. The number of hydrogen-bond donors (Lipinski definition) is 4. The number of benzene rings is 1. The normalized spacial score (nSPS) is 31.3. The number of rotatable bonds is 8. The lowest BCUT2D eigenvalue weighted by atomic mass is 9.94. The van der Waals surface area contributed by atoms with Crippen LogP contribution in [-0.2, 0) is 22.5 Å². The van der Waals surface area contributed by atoms with Crippen LogP contribution in [-0.4, -0.2) is 74.7 Å². The van der Waals surface area contributed by atoms with E-state index in [1.165, 1.54) is 5.56 Å². The third kappa shape index (κ3) is 6.13. The van der Waals surface area contributed by atoms with Crippen molar-refractivity contribution in [3.63, 3.8) is 0 Å². The fourth-order valence-electron chi connectivity index (χ4n) is 5.58. The molecule has 1 saturated carbocycles. The maximum Gasteiger partial charge on any atom is 0.224 e. The topological polar surface area (TPSA) is 129 Å². The van der Waals surface area contributed by atoms with Gasteiger partial charge in [0.05, 0.1) is 37.2 Å². The summed E-state index contributed by atoms with van der Waals surface area (Å²) in [5, 5.41) is 33.5. The van der Waals surface area contributed by atoms with Gasteiger partial charge in [0.1, 0.15) is 24.0 Å². The number of nitrogens with zero attached hydrogens (tertiary/aromatic N) is 3. The van der Waals surface area contributed by atoms with Crippen molar-refractivity contribution in [2.45, 2.75) is 88.6 Å². The highest BCUT2D eigenvalue weighted by Gasteiger charge is 2.43. The van der Waals surface area contributed by atoms with Gasteiger partial charge < -0.3 is 30.1 Å². The number of hydrogen-bond acceptors (Lipinski definition) is 9. The number of anilines is 1. The lowest BCUT2D eigenvalue weighted by Crippen LogP contribution is -2.34. The number of aryl methyl sites for hydroxylation is 2. The van der Waals surface area contributed by atoms with Crippen molar-refractivity contribution in [2.75, 3.05) is 11.9 Å². The van der Waals surface area contributed by atoms with Crippen LogP contribution in [0.2, 0.25) is 5.28 Å². The molecule has 1 saturated heterocycles. The van der Waals surface area contributed by atoms with Gasteiger partial charge in [-0.15, -0.1) is 0 Å². The van der Waals surface area contributed by atoms with Gasteiger partial charge in [0, 0.05) is 6.21 Å². The molecular weight excluding hydrogens is 496 g/mol. The number of aliphatic imine (C=N–C) groups is 1. The van der Waals surface area contributed by atoms with E-state index in [4.69, 9.17) is 26.1 Å². The fraction of sp³-hybridized carbons (Fsp3) is 0.593. The summed E-state index contributed by atoms with van der Waals surface area (Å²) in [6, 6.07) is 8.45. The Labute approximate surface area is 221 Å². The summed E-state index contributed by atoms with van der Waals surface area (Å²) >= 11 is 6.30. The van der Waals surface area contributed by atoms with E-state index in [1.54, 1.807) is 0 Å². The summed E-state index contributed by atoms with van der Waals surface area (Å²) in [7, 11) is 0. The van der Waals surface area contributed by atoms with E-state index in [0.29, 0.717) is 31.0 Å². The summed E-state index contributed by atoms with van der Waals surface area (Å²) < 4.78 is 12.0. The van der Waals surface area contributed by atoms with Crippen molar-refractivity contribution < 1.29 is 24.8 Å². The second-order valence-corrected chi connectivity index (χ2v) is 10.7. The number of fused-ring (bicyclic) bond motifs is 1. The van der Waals surface area contributed by atoms with Gasteiger partial charge in [0.25, 0.3) is 0 Å². The van der Waals surface area contributed by atoms with Crippen molar-refractivity contribution in [3.05, 3.63) is 46.4 Å². The van der Waals surface area contributed by atoms with Crippen LogP contribution < -0.4 is 5.32 Å². The maximum absolute atomic E-state index is 10.3. The van der Waals surface area contributed by atoms with E-state index < -0.39 is 24.4 Å². The van der Waals surface area contributed by atoms with Crippen molar-refractivity contribution >= 4 is 29.3 Å². The molecule has 0 spiro atoms. The first-order valence-corrected chi connectivity index (χ1v) is 13.5. The molecule has 2 aromatic rings. The van der Waals surface area contributed by atoms with Gasteiger partial charge in [-0.05, 0) is 68.5 Å². The van der Waals surface area contributed by atoms with Crippen LogP contribution in [0, 0.1) is 12.8 Å². The Balaban J connectivity index is 1.26. The summed E-state index contributed by atoms with van der Waals surface area (Å²) in [6.45, 7) is 2.31. The van der Waals surface area contributed by atoms with E-state index in [2.05, 4.69) is 46.5 Å². The lowest BCUT2D eigenvalue weighted by molar-refractivity contribution is -0.0264. The molecule has 2 aliphatic heterocycles. The number of aliphatic hydroxyl groups excluding tert-OH is 3. The molecule has 2 fully saturated rings. The molecule has 1 aliphatic carbocycles. The van der Waals surface area contributed by atoms with Gasteiger partial charge in [-0.1, -0.05) is 29.8 Å². The zero-order chi connectivity index (χ0) is 25.9. The number of ether oxygens (including phenoxy) is 2. The fourth-order valence-corrected chi connectivity index (χ4v) is 5.76. The Bertz CT molecular complexity index is 1120. The van der Waals surface area contributed by atoms with Crippen molar-refractivity contribution in [1.82, 2.24) is 9.97 Å². The van der Waals surface area contributed by atoms with Gasteiger partial charge in [-0.3, -0.25) is 4.99 Å². The standard InChI is InChI=1S/C27H35ClN4O5/c1-15-4-2-5-17(10-15)14-36-20-7-3-6-18(20)30-26-23-19(31-27(28)32-26)9-8-16(12-29-23)11-21-24(34)25(35)22(13-33)37-21/h2,4-5,10,12,16,18,20-22,24-25,33-35H,3,6-9,11,13-14H2,1H3,(H,30,31,32)/t16?,18?,20-,21?,22+,24-,25+/m0/s1. The SMILES string of the molecule is Cc1cccc(CO[C@H]2CCCC2Nc2nc(Cl)nc3c2N=CC(CC2O[C@H](CO)[C@@H](O)[C@H]2O)CC3)c1. The Morgan fingerprint density at radius 2 is 1.97 bits per heavy atom. The minimum Gasteiger partial charge on any atom is -0.394 e. The Hall–Kier alpha value is -2.14. The number of aliphatic hydroxyl groups is 3. The maximum atomic E-state index is 10.3. The first-order chi connectivity index (χ1) is 17.9. The third-order valence-electron chi connectivity index (χ3n) is 7.59. The number of halogens is 1. The molecule has 3 aliphatic rings. The number of aromatic nitrogens is 2. The molecule has 37 heavy (non-hydrogen) atoms. The molecule has 1 aromatic heterocycles. The van der Waals surface area contributed by atoms with Gasteiger partial charge in [-0.2, -0.15) is 4.98 Å². The molecular formula is C27H35ClN4O5. The molecule has 200 valence electrons. The van der Waals surface area contributed by atoms with Crippen LogP contribution in [0.1, 0.15) is 48.9 Å². The first kappa shape index (κ1) is 26.5. The van der Waals surface area contributed by atoms with Crippen LogP contribution in [0.25, 0.3) is 0 Å². The molecule has 0 radical (unpaired) electrons. The highest BCUT2D eigenvalue weighted by molar-refractivity contribution is 6.28. The zero-order valence-electron chi connectivity index (χ0n) is 21.0. The largest absolute Gasteiger partial charge is 0.394 e. The van der Waals surface area contributed by atoms with Crippen LogP contribution in [0.3, 0.4) is 0 Å². The summed E-state index contributed by atoms with van der Waals surface area (Å²) in [6.07, 6.45) is 3.29. The van der Waals surface area contributed by atoms with Gasteiger partial charge in [0.15, 0.2) is 5.82 Å². The average molecular weight is 531 g/mol. The van der Waals surface area contributed by atoms with Crippen LogP contribution >= 0.6 is 11.6 Å². The van der Waals surface area contributed by atoms with Crippen molar-refractivity contribution in [3.8, 4) is 0 Å². The van der Waals surface area contributed by atoms with Crippen LogP contribution in [0.5, 0.6) is 0 Å². The minimum absolute atomic E-state index is 0.00186. The Morgan fingerprint density at radius 3 is 2.76 bits per heavy atom. The highest BCUT2D eigenvalue weighted by Crippen LogP contribution is 2.36. The van der Waals surface area contributed by atoms with E-state index in [0.717, 1.165) is 36.9 Å². The first-order valence-electron chi connectivity index (χ1n) is 13.1. The van der Waals surface area contributed by atoms with Crippen molar-refractivity contribution in [2.24, 2.45) is 10.9 Å². The molecule has 1 aromatic carbocycles. The summed E-state index contributed by atoms with van der Waals surface area (Å²) in [5.41, 5.74) is 3.83. The predicted molar refractivity (Wildman–Crippen MR) is 140 cm³/mol. The van der Waals surface area contributed by atoms with Crippen LogP contribution in [0.4, 0.5) is 11.5 Å². The summed E-state index contributed by atoms with van der Waals surface area (Å²) in [5.74, 6) is 0.609. The molecule has 10 heteroatoms. The van der Waals surface area contributed by atoms with E-state index in [9.17, 15) is 15.3 Å². The third-order valence-corrected chi connectivity index (χ3v) is 7.76. The molecule has 5 rings (SSSR count). The number of nitrogens with one attached hydrogen (secondary N) is 1. The molecule has 3 heterocycles. The Kier molecular flexibility index (Phi) is 8.38. The van der Waals surface area contributed by atoms with E-state index in [-0.39, 0.29) is 30.0 Å². The molecule has 7 atom stereocenters. The van der Waals surface area contributed by atoms with Gasteiger partial charge >= 0.3 is 0 Å². The second kappa shape index (κ2) is 11.7. The summed E-state index contributed by atoms with van der Waals surface area (Å²) in [4.78, 5) is 13.7. The quantitative estimate of drug-likeness (QED) is 0.383. The molecule has 4 N–H and O–H groups in total. The molecule has 3 unspecified atom stereocenters. The van der Waals surface area contributed by atoms with Gasteiger partial charge in [-0.25, -0.2) is 4.98 Å². The molecule has 9 nitrogen and oxygen atoms in total. The second-order valence-electron chi connectivity index (χ2n) is 10.3. The van der Waals surface area contributed by atoms with Crippen LogP contribution in [0.15, 0.2) is 29.3 Å². The predicted octanol–water partition coefficient (Wildman–Crippen LogP) is 3.12. The van der Waals surface area contributed by atoms with E-state index >= 15 is 0 Å². The smallest absolute Gasteiger partial charge is 0.224 e. The lowest BCUT2D eigenvalue weighted by Gasteiger charge is -2.23. The molecule has 0 bridgehead atoms. The zero-order valence-corrected chi connectivity index (χ0v) is 21.7.